The molecule has 2 aliphatic heterocycles. The number of alkyl halides is 3. The van der Waals surface area contributed by atoms with Crippen LogP contribution >= 0.6 is 34.5 Å². The van der Waals surface area contributed by atoms with Crippen LogP contribution in [0.3, 0.4) is 0 Å². The van der Waals surface area contributed by atoms with Crippen LogP contribution < -0.4 is 20.7 Å². The van der Waals surface area contributed by atoms with Crippen molar-refractivity contribution in [3.63, 3.8) is 0 Å². The summed E-state index contributed by atoms with van der Waals surface area (Å²) in [6.45, 7) is 2.21. The van der Waals surface area contributed by atoms with Crippen LogP contribution in [0, 0.1) is 0 Å². The molecule has 1 fully saturated rings. The monoisotopic (exact) mass is 642 g/mol. The number of halogens is 5. The van der Waals surface area contributed by atoms with Crippen molar-refractivity contribution >= 4 is 57.8 Å². The summed E-state index contributed by atoms with van der Waals surface area (Å²) in [5.41, 5.74) is 0.336. The highest BCUT2D eigenvalue weighted by Gasteiger charge is 2.47. The number of hydrogen-bond donors (Lipinski definition) is 3. The Labute approximate surface area is 251 Å². The van der Waals surface area contributed by atoms with Crippen molar-refractivity contribution in [1.29, 1.82) is 0 Å². The average molecular weight is 643 g/mol. The summed E-state index contributed by atoms with van der Waals surface area (Å²) in [4.78, 5) is 31.4. The lowest BCUT2D eigenvalue weighted by Gasteiger charge is -2.27. The van der Waals surface area contributed by atoms with Crippen molar-refractivity contribution in [3.05, 3.63) is 68.0 Å². The van der Waals surface area contributed by atoms with Gasteiger partial charge < -0.3 is 25.0 Å². The number of hydrogen-bond acceptors (Lipinski definition) is 11. The summed E-state index contributed by atoms with van der Waals surface area (Å²) in [5, 5.41) is 9.24. The maximum Gasteiger partial charge on any atom is 0.418 e. The molecule has 3 aromatic rings. The summed E-state index contributed by atoms with van der Waals surface area (Å²) >= 11 is 13.4. The van der Waals surface area contributed by atoms with Crippen LogP contribution in [-0.4, -0.2) is 64.8 Å². The van der Waals surface area contributed by atoms with Gasteiger partial charge in [-0.25, -0.2) is 19.9 Å². The quantitative estimate of drug-likeness (QED) is 0.287. The Morgan fingerprint density at radius 2 is 2.00 bits per heavy atom. The number of aromatic nitrogens is 3. The first-order chi connectivity index (χ1) is 19.9. The fraction of sp³-hybridized carbons (Fsp3) is 0.320. The van der Waals surface area contributed by atoms with Gasteiger partial charge in [-0.15, -0.1) is 11.3 Å². The van der Waals surface area contributed by atoms with Gasteiger partial charge in [-0.1, -0.05) is 23.2 Å². The molecule has 11 nitrogen and oxygen atoms in total. The zero-order valence-corrected chi connectivity index (χ0v) is 24.5. The van der Waals surface area contributed by atoms with Crippen molar-refractivity contribution in [2.75, 3.05) is 31.5 Å². The van der Waals surface area contributed by atoms with E-state index in [1.165, 1.54) is 13.3 Å². The molecule has 3 aromatic heterocycles. The maximum absolute atomic E-state index is 13.1. The van der Waals surface area contributed by atoms with Gasteiger partial charge in [-0.2, -0.15) is 13.2 Å². The number of nitrogens with one attached hydrogen (secondary N) is 3. The molecule has 3 N–H and O–H groups in total. The second kappa shape index (κ2) is 12.0. The minimum atomic E-state index is -4.69. The van der Waals surface area contributed by atoms with Crippen LogP contribution in [0.25, 0.3) is 0 Å². The Morgan fingerprint density at radius 1 is 1.21 bits per heavy atom. The second-order valence-electron chi connectivity index (χ2n) is 9.19. The molecule has 1 amide bonds. The molecule has 3 atom stereocenters. The molecule has 5 rings (SSSR count). The highest BCUT2D eigenvalue weighted by molar-refractivity contribution is 7.13. The number of amides is 1. The summed E-state index contributed by atoms with van der Waals surface area (Å²) < 4.78 is 50.4. The van der Waals surface area contributed by atoms with Crippen molar-refractivity contribution in [2.24, 2.45) is 4.99 Å². The van der Waals surface area contributed by atoms with Crippen LogP contribution in [0.5, 0.6) is 5.88 Å². The van der Waals surface area contributed by atoms with Crippen molar-refractivity contribution in [3.8, 4) is 5.88 Å². The number of ether oxygens (including phenoxy) is 2. The van der Waals surface area contributed by atoms with Gasteiger partial charge in [-0.05, 0) is 19.1 Å². The molecule has 5 heterocycles. The molecule has 0 aliphatic carbocycles. The predicted molar refractivity (Wildman–Crippen MR) is 152 cm³/mol. The van der Waals surface area contributed by atoms with Crippen LogP contribution in [0.1, 0.15) is 33.2 Å². The number of carbonyl (C=O) groups is 1. The van der Waals surface area contributed by atoms with Crippen molar-refractivity contribution in [2.45, 2.75) is 31.5 Å². The van der Waals surface area contributed by atoms with Gasteiger partial charge in [-0.3, -0.25) is 10.1 Å². The molecule has 0 radical (unpaired) electrons. The van der Waals surface area contributed by atoms with Gasteiger partial charge in [0.1, 0.15) is 45.6 Å². The number of rotatable bonds is 8. The Balaban J connectivity index is 1.20. The highest BCUT2D eigenvalue weighted by atomic mass is 35.5. The number of thiazole rings is 1. The Hall–Kier alpha value is -3.50. The maximum atomic E-state index is 13.1. The zero-order chi connectivity index (χ0) is 30.2. The van der Waals surface area contributed by atoms with E-state index in [2.05, 4.69) is 35.9 Å². The lowest BCUT2D eigenvalue weighted by Crippen LogP contribution is -2.34. The number of nitrogens with zero attached hydrogens (tertiary/aromatic N) is 5. The smallest absolute Gasteiger partial charge is 0.418 e. The van der Waals surface area contributed by atoms with E-state index in [0.717, 1.165) is 23.2 Å². The predicted octanol–water partition coefficient (Wildman–Crippen LogP) is 5.11. The minimum absolute atomic E-state index is 0.190. The lowest BCUT2D eigenvalue weighted by atomic mass is 10.2. The number of aliphatic imine (C=N–C) groups is 1. The van der Waals surface area contributed by atoms with Crippen molar-refractivity contribution < 1.29 is 27.4 Å². The standard InChI is InChI=1S/C25H23Cl2F3N8O3S/c1-11(24-33-9-15(42-24)22(39)37-16-6-13(25(28,29)30)14(26)8-31-16)35-23-20(41-23)19-18(27)21(34-10-38(19)2)36-12-4-5-17(40-3)32-7-12/h4-9,11,20,23,35H,10H2,1-3H3,(H,34,36)(H,31,37,39). The fourth-order valence-corrected chi connectivity index (χ4v) is 5.41. The number of amidine groups is 1. The first-order valence-corrected chi connectivity index (χ1v) is 13.9. The van der Waals surface area contributed by atoms with E-state index in [4.69, 9.17) is 32.7 Å². The summed E-state index contributed by atoms with van der Waals surface area (Å²) in [7, 11) is 3.39. The largest absolute Gasteiger partial charge is 0.481 e. The van der Waals surface area contributed by atoms with E-state index < -0.39 is 22.7 Å². The highest BCUT2D eigenvalue weighted by Crippen LogP contribution is 2.37. The van der Waals surface area contributed by atoms with Crippen LogP contribution in [-0.2, 0) is 10.9 Å². The Morgan fingerprint density at radius 3 is 2.69 bits per heavy atom. The molecule has 0 saturated carbocycles. The third-order valence-corrected chi connectivity index (χ3v) is 8.04. The molecular formula is C25H23Cl2F3N8O3S. The third kappa shape index (κ3) is 6.60. The van der Waals surface area contributed by atoms with Gasteiger partial charge in [0, 0.05) is 19.3 Å². The van der Waals surface area contributed by atoms with Crippen LogP contribution in [0.15, 0.2) is 52.5 Å². The summed E-state index contributed by atoms with van der Waals surface area (Å²) in [6, 6.07) is 3.87. The number of likely N-dealkylation sites (N-methyl/N-ethyl adjacent to an activating group) is 1. The number of pyridine rings is 2. The van der Waals surface area contributed by atoms with Crippen LogP contribution in [0.2, 0.25) is 5.02 Å². The second-order valence-corrected chi connectivity index (χ2v) is 11.0. The molecule has 17 heteroatoms. The number of anilines is 2. The van der Waals surface area contributed by atoms with E-state index in [9.17, 15) is 18.0 Å². The van der Waals surface area contributed by atoms with Gasteiger partial charge in [0.2, 0.25) is 5.88 Å². The molecule has 222 valence electrons. The molecule has 0 spiro atoms. The minimum Gasteiger partial charge on any atom is -0.481 e. The van der Waals surface area contributed by atoms with Gasteiger partial charge in [0.25, 0.3) is 5.91 Å². The molecule has 0 aromatic carbocycles. The molecule has 2 aliphatic rings. The van der Waals surface area contributed by atoms with Gasteiger partial charge >= 0.3 is 6.18 Å². The first-order valence-electron chi connectivity index (χ1n) is 12.3. The molecule has 1 saturated heterocycles. The Kier molecular flexibility index (Phi) is 8.57. The summed E-state index contributed by atoms with van der Waals surface area (Å²) in [5.74, 6) is 0.0249. The molecule has 3 unspecified atom stereocenters. The summed E-state index contributed by atoms with van der Waals surface area (Å²) in [6.07, 6.45) is -1.63. The van der Waals surface area contributed by atoms with Gasteiger partial charge in [0.15, 0.2) is 0 Å². The molecule has 0 bridgehead atoms. The average Bonchev–Trinajstić information content (AvgIpc) is 3.49. The zero-order valence-electron chi connectivity index (χ0n) is 22.2. The topological polar surface area (TPSA) is 129 Å². The van der Waals surface area contributed by atoms with E-state index in [1.807, 2.05) is 18.9 Å². The number of methoxy groups -OCH3 is 1. The normalized spacial score (nSPS) is 19.3. The van der Waals surface area contributed by atoms with Crippen LogP contribution in [0.4, 0.5) is 24.7 Å². The fourth-order valence-electron chi connectivity index (χ4n) is 4.02. The van der Waals surface area contributed by atoms with E-state index >= 15 is 0 Å². The van der Waals surface area contributed by atoms with E-state index in [0.29, 0.717) is 40.2 Å². The number of carbonyl (C=O) groups excluding carboxylic acids is 1. The lowest BCUT2D eigenvalue weighted by molar-refractivity contribution is -0.137. The first kappa shape index (κ1) is 30.0. The van der Waals surface area contributed by atoms with E-state index in [-0.39, 0.29) is 29.1 Å². The third-order valence-electron chi connectivity index (χ3n) is 6.19. The Bertz CT molecular complexity index is 1550. The SMILES string of the molecule is COc1ccc(NC2=NCN(C)C(C3OC3NC(C)c3ncc(C(=O)Nc4cc(C(F)(F)F)c(Cl)cn4)s3)=C2Cl)cn1. The van der Waals surface area contributed by atoms with Crippen molar-refractivity contribution in [1.82, 2.24) is 25.2 Å². The number of epoxide rings is 1. The van der Waals surface area contributed by atoms with E-state index in [1.54, 1.807) is 18.3 Å². The molecular weight excluding hydrogens is 620 g/mol. The molecule has 42 heavy (non-hydrogen) atoms. The van der Waals surface area contributed by atoms with Gasteiger partial charge in [0.05, 0.1) is 47.5 Å².